The van der Waals surface area contributed by atoms with E-state index in [-0.39, 0.29) is 17.7 Å². The summed E-state index contributed by atoms with van der Waals surface area (Å²) < 4.78 is 0. The van der Waals surface area contributed by atoms with Crippen LogP contribution in [0, 0.1) is 6.92 Å². The number of anilines is 1. The van der Waals surface area contributed by atoms with Gasteiger partial charge in [0.2, 0.25) is 17.7 Å². The lowest BCUT2D eigenvalue weighted by Gasteiger charge is -2.26. The van der Waals surface area contributed by atoms with Crippen molar-refractivity contribution in [2.45, 2.75) is 31.8 Å². The number of para-hydroxylation sites is 1. The van der Waals surface area contributed by atoms with Gasteiger partial charge in [-0.05, 0) is 25.0 Å². The predicted molar refractivity (Wildman–Crippen MR) is 88.9 cm³/mol. The quantitative estimate of drug-likeness (QED) is 0.869. The average Bonchev–Trinajstić information content (AvgIpc) is 3.17. The third-order valence-electron chi connectivity index (χ3n) is 4.16. The van der Waals surface area contributed by atoms with Gasteiger partial charge in [-0.1, -0.05) is 18.2 Å². The highest BCUT2D eigenvalue weighted by molar-refractivity contribution is 7.99. The normalized spacial score (nSPS) is 23.7. The van der Waals surface area contributed by atoms with Crippen molar-refractivity contribution < 1.29 is 14.4 Å². The fourth-order valence-electron chi connectivity index (χ4n) is 2.81. The SMILES string of the molecule is Cc1ccccc1NC(=O)[C@H]1CSCN1C(=O)[C@H]1CCC(=O)N1. The first-order chi connectivity index (χ1) is 11.1. The number of thioether (sulfide) groups is 1. The van der Waals surface area contributed by atoms with Gasteiger partial charge >= 0.3 is 0 Å². The summed E-state index contributed by atoms with van der Waals surface area (Å²) in [5.74, 6) is 0.616. The summed E-state index contributed by atoms with van der Waals surface area (Å²) >= 11 is 1.55. The minimum absolute atomic E-state index is 0.101. The number of nitrogens with zero attached hydrogens (tertiary/aromatic N) is 1. The van der Waals surface area contributed by atoms with Crippen molar-refractivity contribution in [3.63, 3.8) is 0 Å². The number of carbonyl (C=O) groups is 3. The molecule has 0 aliphatic carbocycles. The van der Waals surface area contributed by atoms with Gasteiger partial charge in [0.1, 0.15) is 12.1 Å². The van der Waals surface area contributed by atoms with E-state index < -0.39 is 12.1 Å². The third kappa shape index (κ3) is 3.34. The Bertz CT molecular complexity index is 649. The Morgan fingerprint density at radius 1 is 1.35 bits per heavy atom. The summed E-state index contributed by atoms with van der Waals surface area (Å²) in [5, 5.41) is 5.58. The molecule has 7 heteroatoms. The van der Waals surface area contributed by atoms with E-state index in [9.17, 15) is 14.4 Å². The summed E-state index contributed by atoms with van der Waals surface area (Å²) in [6.07, 6.45) is 0.877. The number of aryl methyl sites for hydroxylation is 1. The molecule has 0 saturated carbocycles. The molecule has 1 aromatic carbocycles. The molecule has 0 spiro atoms. The van der Waals surface area contributed by atoms with Gasteiger partial charge < -0.3 is 15.5 Å². The molecule has 0 aromatic heterocycles. The van der Waals surface area contributed by atoms with Crippen LogP contribution in [0.2, 0.25) is 0 Å². The molecule has 2 aliphatic rings. The number of amides is 3. The van der Waals surface area contributed by atoms with Crippen molar-refractivity contribution >= 4 is 35.2 Å². The molecule has 2 fully saturated rings. The lowest BCUT2D eigenvalue weighted by molar-refractivity contribution is -0.138. The molecule has 122 valence electrons. The number of carbonyl (C=O) groups excluding carboxylic acids is 3. The van der Waals surface area contributed by atoms with Gasteiger partial charge in [-0.25, -0.2) is 0 Å². The zero-order valence-corrected chi connectivity index (χ0v) is 13.7. The van der Waals surface area contributed by atoms with E-state index in [4.69, 9.17) is 0 Å². The molecule has 0 unspecified atom stereocenters. The number of benzene rings is 1. The molecule has 23 heavy (non-hydrogen) atoms. The van der Waals surface area contributed by atoms with Crippen molar-refractivity contribution in [2.75, 3.05) is 16.9 Å². The van der Waals surface area contributed by atoms with Crippen molar-refractivity contribution in [3.05, 3.63) is 29.8 Å². The van der Waals surface area contributed by atoms with E-state index in [1.807, 2.05) is 31.2 Å². The van der Waals surface area contributed by atoms with Gasteiger partial charge in [0.15, 0.2) is 0 Å². The molecule has 3 rings (SSSR count). The van der Waals surface area contributed by atoms with Crippen LogP contribution in [0.3, 0.4) is 0 Å². The van der Waals surface area contributed by atoms with E-state index in [2.05, 4.69) is 10.6 Å². The van der Waals surface area contributed by atoms with Crippen molar-refractivity contribution in [3.8, 4) is 0 Å². The molecular weight excluding hydrogens is 314 g/mol. The number of hydrogen-bond donors (Lipinski definition) is 2. The van der Waals surface area contributed by atoms with Crippen LogP contribution in [-0.4, -0.2) is 46.3 Å². The maximum absolute atomic E-state index is 12.6. The van der Waals surface area contributed by atoms with Crippen LogP contribution in [0.15, 0.2) is 24.3 Å². The molecule has 2 N–H and O–H groups in total. The number of nitrogens with one attached hydrogen (secondary N) is 2. The van der Waals surface area contributed by atoms with Gasteiger partial charge in [0.05, 0.1) is 5.88 Å². The van der Waals surface area contributed by atoms with Gasteiger partial charge in [0.25, 0.3) is 0 Å². The van der Waals surface area contributed by atoms with Crippen LogP contribution in [0.5, 0.6) is 0 Å². The topological polar surface area (TPSA) is 78.5 Å². The van der Waals surface area contributed by atoms with E-state index in [0.29, 0.717) is 24.5 Å². The van der Waals surface area contributed by atoms with E-state index in [0.717, 1.165) is 11.3 Å². The fourth-order valence-corrected chi connectivity index (χ4v) is 3.97. The highest BCUT2D eigenvalue weighted by Crippen LogP contribution is 2.25. The third-order valence-corrected chi connectivity index (χ3v) is 5.18. The van der Waals surface area contributed by atoms with E-state index in [1.165, 1.54) is 0 Å². The van der Waals surface area contributed by atoms with E-state index in [1.54, 1.807) is 16.7 Å². The van der Waals surface area contributed by atoms with Crippen molar-refractivity contribution in [1.82, 2.24) is 10.2 Å². The summed E-state index contributed by atoms with van der Waals surface area (Å²) in [4.78, 5) is 38.0. The highest BCUT2D eigenvalue weighted by atomic mass is 32.2. The van der Waals surface area contributed by atoms with Gasteiger partial charge in [-0.2, -0.15) is 0 Å². The van der Waals surface area contributed by atoms with Crippen LogP contribution < -0.4 is 10.6 Å². The largest absolute Gasteiger partial charge is 0.344 e. The molecule has 6 nitrogen and oxygen atoms in total. The number of rotatable bonds is 3. The first-order valence-electron chi connectivity index (χ1n) is 7.60. The highest BCUT2D eigenvalue weighted by Gasteiger charge is 2.39. The Morgan fingerprint density at radius 3 is 2.83 bits per heavy atom. The molecule has 2 saturated heterocycles. The van der Waals surface area contributed by atoms with Crippen molar-refractivity contribution in [2.24, 2.45) is 0 Å². The second kappa shape index (κ2) is 6.62. The average molecular weight is 333 g/mol. The Kier molecular flexibility index (Phi) is 4.56. The molecule has 3 amide bonds. The molecule has 0 radical (unpaired) electrons. The van der Waals surface area contributed by atoms with Crippen LogP contribution in [0.1, 0.15) is 18.4 Å². The van der Waals surface area contributed by atoms with Crippen LogP contribution >= 0.6 is 11.8 Å². The first-order valence-corrected chi connectivity index (χ1v) is 8.76. The zero-order chi connectivity index (χ0) is 16.4. The van der Waals surface area contributed by atoms with Gasteiger partial charge in [0, 0.05) is 17.9 Å². The molecular formula is C16H19N3O3S. The monoisotopic (exact) mass is 333 g/mol. The van der Waals surface area contributed by atoms with Crippen LogP contribution in [0.25, 0.3) is 0 Å². The predicted octanol–water partition coefficient (Wildman–Crippen LogP) is 1.11. The molecule has 2 aliphatic heterocycles. The van der Waals surface area contributed by atoms with Crippen LogP contribution in [0.4, 0.5) is 5.69 Å². The Morgan fingerprint density at radius 2 is 2.13 bits per heavy atom. The lowest BCUT2D eigenvalue weighted by Crippen LogP contribution is -2.50. The Hall–Kier alpha value is -2.02. The summed E-state index contributed by atoms with van der Waals surface area (Å²) in [6.45, 7) is 1.93. The zero-order valence-electron chi connectivity index (χ0n) is 12.9. The Labute approximate surface area is 139 Å². The first kappa shape index (κ1) is 15.9. The van der Waals surface area contributed by atoms with Gasteiger partial charge in [-0.3, -0.25) is 14.4 Å². The van der Waals surface area contributed by atoms with Crippen molar-refractivity contribution in [1.29, 1.82) is 0 Å². The van der Waals surface area contributed by atoms with E-state index >= 15 is 0 Å². The summed E-state index contributed by atoms with van der Waals surface area (Å²) in [5.41, 5.74) is 1.74. The minimum atomic E-state index is -0.496. The molecule has 2 heterocycles. The molecule has 0 bridgehead atoms. The Balaban J connectivity index is 1.68. The lowest BCUT2D eigenvalue weighted by atomic mass is 10.1. The van der Waals surface area contributed by atoms with Gasteiger partial charge in [-0.15, -0.1) is 11.8 Å². The number of hydrogen-bond acceptors (Lipinski definition) is 4. The smallest absolute Gasteiger partial charge is 0.248 e. The second-order valence-corrected chi connectivity index (χ2v) is 6.79. The van der Waals surface area contributed by atoms with Crippen LogP contribution in [-0.2, 0) is 14.4 Å². The fraction of sp³-hybridized carbons (Fsp3) is 0.438. The maximum Gasteiger partial charge on any atom is 0.248 e. The molecule has 2 atom stereocenters. The standard InChI is InChI=1S/C16H19N3O3S/c1-10-4-2-3-5-11(10)18-15(21)13-8-23-9-19(13)16(22)12-6-7-14(20)17-12/h2-5,12-13H,6-9H2,1H3,(H,17,20)(H,18,21)/t12-,13-/m1/s1. The second-order valence-electron chi connectivity index (χ2n) is 5.79. The minimum Gasteiger partial charge on any atom is -0.344 e. The maximum atomic E-state index is 12.6. The molecule has 1 aromatic rings. The summed E-state index contributed by atoms with van der Waals surface area (Å²) in [6, 6.07) is 6.56. The summed E-state index contributed by atoms with van der Waals surface area (Å²) in [7, 11) is 0.